The fourth-order valence-corrected chi connectivity index (χ4v) is 4.06. The Kier molecular flexibility index (Phi) is 8.06. The number of aryl methyl sites for hydroxylation is 3. The summed E-state index contributed by atoms with van der Waals surface area (Å²) in [6.07, 6.45) is 1.74. The van der Waals surface area contributed by atoms with Crippen molar-refractivity contribution in [2.24, 2.45) is 0 Å². The summed E-state index contributed by atoms with van der Waals surface area (Å²) < 4.78 is 1.86. The molecule has 1 aromatic heterocycles. The lowest BCUT2D eigenvalue weighted by atomic mass is 10.1. The molecule has 0 saturated carbocycles. The third-order valence-corrected chi connectivity index (χ3v) is 6.16. The first-order valence-electron chi connectivity index (χ1n) is 10.7. The van der Waals surface area contributed by atoms with Crippen molar-refractivity contribution >= 4 is 29.3 Å². The van der Waals surface area contributed by atoms with E-state index in [0.717, 1.165) is 16.8 Å². The Bertz CT molecular complexity index is 1170. The molecule has 0 radical (unpaired) electrons. The maximum absolute atomic E-state index is 12.6. The van der Waals surface area contributed by atoms with Gasteiger partial charge in [0, 0.05) is 17.8 Å². The molecule has 2 N–H and O–H groups in total. The van der Waals surface area contributed by atoms with E-state index in [0.29, 0.717) is 23.1 Å². The molecule has 0 aliphatic heterocycles. The van der Waals surface area contributed by atoms with Crippen LogP contribution in [0, 0.1) is 20.8 Å². The molecule has 2 aromatic carbocycles. The molecule has 0 saturated heterocycles. The fraction of sp³-hybridized carbons (Fsp3) is 0.280. The van der Waals surface area contributed by atoms with E-state index in [2.05, 4.69) is 27.4 Å². The van der Waals surface area contributed by atoms with Gasteiger partial charge in [-0.05, 0) is 63.1 Å². The van der Waals surface area contributed by atoms with Crippen molar-refractivity contribution in [3.8, 4) is 0 Å². The van der Waals surface area contributed by atoms with E-state index in [1.54, 1.807) is 12.1 Å². The number of carbonyl (C=O) groups is 2. The lowest BCUT2D eigenvalue weighted by Gasteiger charge is -2.15. The number of benzene rings is 2. The van der Waals surface area contributed by atoms with Crippen molar-refractivity contribution in [1.29, 1.82) is 0 Å². The van der Waals surface area contributed by atoms with Crippen LogP contribution < -0.4 is 10.6 Å². The number of amides is 2. The van der Waals surface area contributed by atoms with Gasteiger partial charge in [0.15, 0.2) is 11.0 Å². The molecule has 3 rings (SSSR count). The van der Waals surface area contributed by atoms with Crippen molar-refractivity contribution in [2.45, 2.75) is 45.4 Å². The fourth-order valence-electron chi connectivity index (χ4n) is 3.30. The minimum Gasteiger partial charge on any atom is -0.342 e. The van der Waals surface area contributed by atoms with Gasteiger partial charge in [-0.1, -0.05) is 41.6 Å². The summed E-state index contributed by atoms with van der Waals surface area (Å²) in [4.78, 5) is 25.1. The van der Waals surface area contributed by atoms with E-state index in [1.165, 1.54) is 17.3 Å². The van der Waals surface area contributed by atoms with Crippen molar-refractivity contribution in [2.75, 3.05) is 11.1 Å². The van der Waals surface area contributed by atoms with Crippen LogP contribution in [0.2, 0.25) is 0 Å². The van der Waals surface area contributed by atoms with Gasteiger partial charge in [-0.15, -0.1) is 16.8 Å². The predicted molar refractivity (Wildman–Crippen MR) is 133 cm³/mol. The Morgan fingerprint density at radius 3 is 2.61 bits per heavy atom. The number of rotatable bonds is 9. The number of allylic oxidation sites excluding steroid dienone is 1. The topological polar surface area (TPSA) is 88.9 Å². The Hall–Kier alpha value is -3.39. The zero-order chi connectivity index (χ0) is 24.0. The number of nitrogens with one attached hydrogen (secondary N) is 2. The van der Waals surface area contributed by atoms with E-state index in [4.69, 9.17) is 0 Å². The summed E-state index contributed by atoms with van der Waals surface area (Å²) >= 11 is 1.29. The zero-order valence-electron chi connectivity index (χ0n) is 19.4. The molecule has 0 aliphatic carbocycles. The molecular weight excluding hydrogens is 434 g/mol. The molecule has 172 valence electrons. The van der Waals surface area contributed by atoms with Crippen molar-refractivity contribution in [1.82, 2.24) is 20.1 Å². The number of hydrogen-bond donors (Lipinski definition) is 2. The number of thioether (sulfide) groups is 1. The van der Waals surface area contributed by atoms with Gasteiger partial charge in [-0.2, -0.15) is 0 Å². The first kappa shape index (κ1) is 24.3. The molecule has 2 amide bonds. The monoisotopic (exact) mass is 463 g/mol. The van der Waals surface area contributed by atoms with E-state index in [-0.39, 0.29) is 23.6 Å². The lowest BCUT2D eigenvalue weighted by Crippen LogP contribution is -2.29. The molecule has 0 aliphatic rings. The number of nitrogens with zero attached hydrogens (tertiary/aromatic N) is 3. The maximum atomic E-state index is 12.6. The van der Waals surface area contributed by atoms with Crippen LogP contribution in [-0.4, -0.2) is 32.3 Å². The highest BCUT2D eigenvalue weighted by Crippen LogP contribution is 2.22. The highest BCUT2D eigenvalue weighted by molar-refractivity contribution is 7.99. The van der Waals surface area contributed by atoms with E-state index in [1.807, 2.05) is 68.7 Å². The molecule has 0 bridgehead atoms. The second-order valence-electron chi connectivity index (χ2n) is 7.94. The van der Waals surface area contributed by atoms with Crippen LogP contribution in [0.5, 0.6) is 0 Å². The quantitative estimate of drug-likeness (QED) is 0.357. The zero-order valence-corrected chi connectivity index (χ0v) is 20.2. The van der Waals surface area contributed by atoms with E-state index >= 15 is 0 Å². The lowest BCUT2D eigenvalue weighted by molar-refractivity contribution is -0.113. The summed E-state index contributed by atoms with van der Waals surface area (Å²) in [6.45, 7) is 12.1. The van der Waals surface area contributed by atoms with Crippen LogP contribution in [0.4, 0.5) is 5.69 Å². The first-order chi connectivity index (χ1) is 15.8. The second kappa shape index (κ2) is 11.0. The average Bonchev–Trinajstić information content (AvgIpc) is 3.18. The third-order valence-electron chi connectivity index (χ3n) is 5.20. The van der Waals surface area contributed by atoms with Gasteiger partial charge in [0.2, 0.25) is 5.91 Å². The van der Waals surface area contributed by atoms with Gasteiger partial charge in [0.25, 0.3) is 5.91 Å². The number of aromatic nitrogens is 3. The molecule has 1 atom stereocenters. The van der Waals surface area contributed by atoms with Gasteiger partial charge in [-0.3, -0.25) is 9.59 Å². The minimum absolute atomic E-state index is 0.126. The largest absolute Gasteiger partial charge is 0.342 e. The van der Waals surface area contributed by atoms with Gasteiger partial charge in [0.05, 0.1) is 11.8 Å². The normalized spacial score (nSPS) is 11.6. The summed E-state index contributed by atoms with van der Waals surface area (Å²) in [5.74, 6) is 0.486. The van der Waals surface area contributed by atoms with Gasteiger partial charge in [0.1, 0.15) is 0 Å². The molecule has 7 nitrogen and oxygen atoms in total. The molecule has 0 spiro atoms. The summed E-state index contributed by atoms with van der Waals surface area (Å²) in [6, 6.07) is 12.9. The average molecular weight is 464 g/mol. The van der Waals surface area contributed by atoms with Crippen molar-refractivity contribution in [3.63, 3.8) is 0 Å². The van der Waals surface area contributed by atoms with Gasteiger partial charge < -0.3 is 15.2 Å². The predicted octanol–water partition coefficient (Wildman–Crippen LogP) is 4.61. The minimum atomic E-state index is -0.371. The second-order valence-corrected chi connectivity index (χ2v) is 8.88. The van der Waals surface area contributed by atoms with E-state index in [9.17, 15) is 9.59 Å². The first-order valence-corrected chi connectivity index (χ1v) is 11.7. The summed E-state index contributed by atoms with van der Waals surface area (Å²) in [7, 11) is 0. The Morgan fingerprint density at radius 2 is 1.91 bits per heavy atom. The maximum Gasteiger partial charge on any atom is 0.251 e. The Morgan fingerprint density at radius 1 is 1.12 bits per heavy atom. The number of carbonyl (C=O) groups excluding carboxylic acids is 2. The van der Waals surface area contributed by atoms with Crippen molar-refractivity contribution < 1.29 is 9.59 Å². The highest BCUT2D eigenvalue weighted by atomic mass is 32.2. The van der Waals surface area contributed by atoms with E-state index < -0.39 is 0 Å². The van der Waals surface area contributed by atoms with Gasteiger partial charge >= 0.3 is 0 Å². The molecule has 8 heteroatoms. The van der Waals surface area contributed by atoms with Crippen LogP contribution >= 0.6 is 11.8 Å². The van der Waals surface area contributed by atoms with Crippen LogP contribution in [0.15, 0.2) is 60.3 Å². The number of anilines is 1. The van der Waals surface area contributed by atoms with Crippen LogP contribution in [0.3, 0.4) is 0 Å². The summed E-state index contributed by atoms with van der Waals surface area (Å²) in [5.41, 5.74) is 4.68. The van der Waals surface area contributed by atoms with Crippen LogP contribution in [0.25, 0.3) is 0 Å². The molecule has 3 aromatic rings. The Labute approximate surface area is 198 Å². The molecule has 0 fully saturated rings. The number of hydrogen-bond acceptors (Lipinski definition) is 5. The molecular formula is C25H29N5O2S. The van der Waals surface area contributed by atoms with Gasteiger partial charge in [-0.25, -0.2) is 0 Å². The smallest absolute Gasteiger partial charge is 0.251 e. The standard InChI is InChI=1S/C25H29N5O2S/c1-6-12-30-23(19(5)26-24(32)20-9-7-8-16(2)13-20)28-29-25(30)33-15-22(31)27-21-11-10-17(3)18(4)14-21/h6-11,13-14,19H,1,12,15H2,2-5H3,(H,26,32)(H,27,31)/t19-/m1/s1. The molecule has 0 unspecified atom stereocenters. The van der Waals surface area contributed by atoms with Crippen LogP contribution in [-0.2, 0) is 11.3 Å². The molecule has 1 heterocycles. The SMILES string of the molecule is C=CCn1c(SCC(=O)Nc2ccc(C)c(C)c2)nnc1[C@@H](C)NC(=O)c1cccc(C)c1. The molecule has 33 heavy (non-hydrogen) atoms. The Balaban J connectivity index is 1.66. The summed E-state index contributed by atoms with van der Waals surface area (Å²) in [5, 5.41) is 15.0. The van der Waals surface area contributed by atoms with Crippen LogP contribution in [0.1, 0.15) is 45.8 Å². The highest BCUT2D eigenvalue weighted by Gasteiger charge is 2.20. The third kappa shape index (κ3) is 6.32. The van der Waals surface area contributed by atoms with Crippen molar-refractivity contribution in [3.05, 3.63) is 83.2 Å².